The molecule has 0 aromatic heterocycles. The van der Waals surface area contributed by atoms with Gasteiger partial charge in [0.25, 0.3) is 0 Å². The number of hydrogen-bond donors (Lipinski definition) is 0. The van der Waals surface area contributed by atoms with Gasteiger partial charge < -0.3 is 18.2 Å². The monoisotopic (exact) mass is 1010 g/mol. The van der Waals surface area contributed by atoms with Crippen LogP contribution in [0.4, 0.5) is 60.5 Å². The first-order chi connectivity index (χ1) is 34.5. The number of rotatable bonds is 14. The fourth-order valence-electron chi connectivity index (χ4n) is 7.95. The van der Waals surface area contributed by atoms with Crippen LogP contribution in [0.1, 0.15) is 0 Å². The first-order valence-electron chi connectivity index (χ1n) is 21.9. The molecule has 0 aliphatic heterocycles. The summed E-state index contributed by atoms with van der Waals surface area (Å²) >= 11 is 0. The van der Waals surface area contributed by atoms with Crippen molar-refractivity contribution in [1.29, 1.82) is 0 Å². The van der Waals surface area contributed by atoms with E-state index in [9.17, 15) is 43.2 Å². The van der Waals surface area contributed by atoms with Gasteiger partial charge in [0.15, 0.2) is 11.5 Å². The standard InChI is InChI=1S/C56H38F6N2O6S2/c57-55(58,59)71(65,66)69-53-37-51(63(47-29-21-43(22-30-47)39-13-5-1-6-14-39)48-31-23-44(24-32-48)40-15-7-2-8-16-40)52(38-54(53)70-72(67,68)56(60,61)62)64(49-33-25-45(26-34-49)41-17-9-3-10-18-41)50-35-27-46(28-36-50)42-19-11-4-12-20-42/h1-38H. The Kier molecular flexibility index (Phi) is 13.4. The van der Waals surface area contributed by atoms with Crippen LogP contribution in [0.2, 0.25) is 0 Å². The molecule has 0 bridgehead atoms. The molecule has 0 aliphatic carbocycles. The Balaban J connectivity index is 1.36. The molecule has 0 N–H and O–H groups in total. The minimum atomic E-state index is -6.70. The molecular weight excluding hydrogens is 975 g/mol. The molecule has 0 fully saturated rings. The van der Waals surface area contributed by atoms with Crippen LogP contribution >= 0.6 is 0 Å². The van der Waals surface area contributed by atoms with Crippen molar-refractivity contribution in [2.24, 2.45) is 0 Å². The third-order valence-corrected chi connectivity index (χ3v) is 13.4. The van der Waals surface area contributed by atoms with Crippen LogP contribution < -0.4 is 18.2 Å². The van der Waals surface area contributed by atoms with Crippen molar-refractivity contribution in [3.8, 4) is 56.0 Å². The molecule has 0 aliphatic rings. The van der Waals surface area contributed by atoms with Gasteiger partial charge >= 0.3 is 31.3 Å². The molecule has 9 rings (SSSR count). The van der Waals surface area contributed by atoms with E-state index in [1.165, 1.54) is 9.80 Å². The Hall–Kier alpha value is -8.34. The third kappa shape index (κ3) is 10.4. The van der Waals surface area contributed by atoms with Gasteiger partial charge in [-0.3, -0.25) is 0 Å². The van der Waals surface area contributed by atoms with Crippen molar-refractivity contribution in [1.82, 2.24) is 0 Å². The van der Waals surface area contributed by atoms with Gasteiger partial charge in [-0.2, -0.15) is 43.2 Å². The Morgan fingerprint density at radius 1 is 0.292 bits per heavy atom. The van der Waals surface area contributed by atoms with Gasteiger partial charge in [-0.25, -0.2) is 0 Å². The molecule has 8 nitrogen and oxygen atoms in total. The van der Waals surface area contributed by atoms with Crippen molar-refractivity contribution in [3.05, 3.63) is 231 Å². The first-order valence-corrected chi connectivity index (χ1v) is 24.7. The van der Waals surface area contributed by atoms with Crippen LogP contribution in [-0.2, 0) is 20.2 Å². The second-order valence-electron chi connectivity index (χ2n) is 16.1. The zero-order valence-corrected chi connectivity index (χ0v) is 39.0. The van der Waals surface area contributed by atoms with E-state index < -0.39 is 42.8 Å². The van der Waals surface area contributed by atoms with E-state index in [4.69, 9.17) is 0 Å². The van der Waals surface area contributed by atoms with E-state index in [2.05, 4.69) is 8.37 Å². The number of alkyl halides is 6. The number of benzene rings is 9. The highest BCUT2D eigenvalue weighted by molar-refractivity contribution is 7.88. The van der Waals surface area contributed by atoms with Gasteiger partial charge in [-0.05, 0) is 93.0 Å². The van der Waals surface area contributed by atoms with Crippen molar-refractivity contribution < 1.29 is 51.5 Å². The van der Waals surface area contributed by atoms with Gasteiger partial charge in [0.2, 0.25) is 0 Å². The average molecular weight is 1010 g/mol. The molecule has 0 amide bonds. The normalized spacial score (nSPS) is 12.0. The smallest absolute Gasteiger partial charge is 0.372 e. The molecule has 0 radical (unpaired) electrons. The van der Waals surface area contributed by atoms with Crippen LogP contribution in [0.25, 0.3) is 44.5 Å². The third-order valence-electron chi connectivity index (χ3n) is 11.4. The van der Waals surface area contributed by atoms with Crippen LogP contribution in [0, 0.1) is 0 Å². The highest BCUT2D eigenvalue weighted by Gasteiger charge is 2.51. The van der Waals surface area contributed by atoms with Crippen LogP contribution in [-0.4, -0.2) is 27.9 Å². The van der Waals surface area contributed by atoms with E-state index >= 15 is 0 Å². The topological polar surface area (TPSA) is 93.2 Å². The molecule has 16 heteroatoms. The van der Waals surface area contributed by atoms with E-state index in [-0.39, 0.29) is 11.4 Å². The maximum Gasteiger partial charge on any atom is 0.534 e. The van der Waals surface area contributed by atoms with Crippen LogP contribution in [0.5, 0.6) is 11.5 Å². The van der Waals surface area contributed by atoms with E-state index in [0.717, 1.165) is 44.5 Å². The largest absolute Gasteiger partial charge is 0.534 e. The zero-order chi connectivity index (χ0) is 50.7. The van der Waals surface area contributed by atoms with Crippen molar-refractivity contribution >= 4 is 54.4 Å². The summed E-state index contributed by atoms with van der Waals surface area (Å²) in [6.45, 7) is 0. The molecule has 0 spiro atoms. The summed E-state index contributed by atoms with van der Waals surface area (Å²) in [6, 6.07) is 66.4. The molecule has 0 saturated heterocycles. The summed E-state index contributed by atoms with van der Waals surface area (Å²) in [6.07, 6.45) is 0. The summed E-state index contributed by atoms with van der Waals surface area (Å²) in [7, 11) is -13.4. The molecule has 362 valence electrons. The summed E-state index contributed by atoms with van der Waals surface area (Å²) in [5.41, 5.74) is -4.94. The molecule has 72 heavy (non-hydrogen) atoms. The lowest BCUT2D eigenvalue weighted by atomic mass is 10.0. The Morgan fingerprint density at radius 2 is 0.486 bits per heavy atom. The lowest BCUT2D eigenvalue weighted by Gasteiger charge is -2.34. The fraction of sp³-hybridized carbons (Fsp3) is 0.0357. The predicted molar refractivity (Wildman–Crippen MR) is 269 cm³/mol. The lowest BCUT2D eigenvalue weighted by molar-refractivity contribution is -0.0513. The molecule has 0 saturated carbocycles. The second kappa shape index (κ2) is 19.8. The second-order valence-corrected chi connectivity index (χ2v) is 19.2. The Bertz CT molecular complexity index is 3130. The van der Waals surface area contributed by atoms with Crippen LogP contribution in [0.3, 0.4) is 0 Å². The Morgan fingerprint density at radius 3 is 0.681 bits per heavy atom. The maximum absolute atomic E-state index is 14.2. The quantitative estimate of drug-likeness (QED) is 0.0604. The Labute approximate surface area is 411 Å². The summed E-state index contributed by atoms with van der Waals surface area (Å²) in [5, 5.41) is 0. The molecule has 0 unspecified atom stereocenters. The number of hydrogen-bond acceptors (Lipinski definition) is 8. The van der Waals surface area contributed by atoms with Crippen molar-refractivity contribution in [3.63, 3.8) is 0 Å². The average Bonchev–Trinajstić information content (AvgIpc) is 3.38. The van der Waals surface area contributed by atoms with Gasteiger partial charge in [0.1, 0.15) is 0 Å². The molecule has 0 atom stereocenters. The maximum atomic E-state index is 14.2. The number of halogens is 6. The van der Waals surface area contributed by atoms with Crippen molar-refractivity contribution in [2.75, 3.05) is 9.80 Å². The molecule has 0 heterocycles. The van der Waals surface area contributed by atoms with Gasteiger partial charge in [0.05, 0.1) is 11.4 Å². The minimum absolute atomic E-state index is 0.196. The summed E-state index contributed by atoms with van der Waals surface area (Å²) < 4.78 is 146. The summed E-state index contributed by atoms with van der Waals surface area (Å²) in [5.74, 6) is -3.05. The highest BCUT2D eigenvalue weighted by Crippen LogP contribution is 2.52. The van der Waals surface area contributed by atoms with E-state index in [1.807, 2.05) is 121 Å². The molecule has 9 aromatic carbocycles. The highest BCUT2D eigenvalue weighted by atomic mass is 32.2. The predicted octanol–water partition coefficient (Wildman–Crippen LogP) is 15.8. The molecule has 9 aromatic rings. The minimum Gasteiger partial charge on any atom is -0.372 e. The van der Waals surface area contributed by atoms with Crippen molar-refractivity contribution in [2.45, 2.75) is 11.0 Å². The van der Waals surface area contributed by atoms with Crippen LogP contribution in [0.15, 0.2) is 231 Å². The van der Waals surface area contributed by atoms with Gasteiger partial charge in [0, 0.05) is 34.9 Å². The zero-order valence-electron chi connectivity index (χ0n) is 37.4. The van der Waals surface area contributed by atoms with Gasteiger partial charge in [-0.15, -0.1) is 0 Å². The lowest BCUT2D eigenvalue weighted by Crippen LogP contribution is -2.30. The number of nitrogens with zero attached hydrogens (tertiary/aromatic N) is 2. The first kappa shape index (κ1) is 48.7. The fourth-order valence-corrected chi connectivity index (χ4v) is 8.87. The number of anilines is 6. The van der Waals surface area contributed by atoms with E-state index in [1.54, 1.807) is 97.1 Å². The SMILES string of the molecule is O=S(=O)(Oc1cc(N(c2ccc(-c3ccccc3)cc2)c2ccc(-c3ccccc3)cc2)c(N(c2ccc(-c3ccccc3)cc2)c2ccc(-c3ccccc3)cc2)cc1OS(=O)(=O)C(F)(F)F)C(F)(F)F. The van der Waals surface area contributed by atoms with E-state index in [0.29, 0.717) is 34.9 Å². The molecular formula is C56H38F6N2O6S2. The van der Waals surface area contributed by atoms with Gasteiger partial charge in [-0.1, -0.05) is 170 Å². The summed E-state index contributed by atoms with van der Waals surface area (Å²) in [4.78, 5) is 3.05.